The van der Waals surface area contributed by atoms with Gasteiger partial charge in [0.05, 0.1) is 28.2 Å². The van der Waals surface area contributed by atoms with Crippen LogP contribution in [0.5, 0.6) is 0 Å². The molecule has 1 heterocycles. The smallest absolute Gasteiger partial charge is 0.300 e. The molecular weight excluding hydrogens is 422 g/mol. The Morgan fingerprint density at radius 2 is 1.76 bits per heavy atom. The molecule has 1 amide bonds. The lowest BCUT2D eigenvalue weighted by Crippen LogP contribution is -2.29. The maximum absolute atomic E-state index is 13.1. The number of hydrogen-bond donors (Lipinski definition) is 1. The van der Waals surface area contributed by atoms with Gasteiger partial charge in [0, 0.05) is 23.4 Å². The maximum atomic E-state index is 13.1. The molecule has 1 aliphatic heterocycles. The molecule has 162 valence electrons. The molecule has 8 heteroatoms. The zero-order chi connectivity index (χ0) is 23.7. The Bertz CT molecular complexity index is 1370. The second kappa shape index (κ2) is 8.40. The number of benzene rings is 3. The zero-order valence-corrected chi connectivity index (χ0v) is 17.4. The van der Waals surface area contributed by atoms with Crippen LogP contribution in [0, 0.1) is 28.4 Å². The number of aliphatic hydroxyl groups excluding tert-OH is 1. The quantitative estimate of drug-likeness (QED) is 0.211. The van der Waals surface area contributed by atoms with Gasteiger partial charge in [-0.05, 0) is 42.3 Å². The van der Waals surface area contributed by atoms with Crippen molar-refractivity contribution in [1.82, 2.24) is 0 Å². The Hall–Kier alpha value is -4.77. The van der Waals surface area contributed by atoms with Gasteiger partial charge in [0.25, 0.3) is 17.4 Å². The molecule has 1 aliphatic rings. The maximum Gasteiger partial charge on any atom is 0.300 e. The van der Waals surface area contributed by atoms with Gasteiger partial charge in [0.15, 0.2) is 0 Å². The average Bonchev–Trinajstić information content (AvgIpc) is 3.09. The molecule has 3 aromatic rings. The minimum atomic E-state index is -0.960. The predicted molar refractivity (Wildman–Crippen MR) is 120 cm³/mol. The van der Waals surface area contributed by atoms with Gasteiger partial charge in [0.2, 0.25) is 0 Å². The van der Waals surface area contributed by atoms with Crippen molar-refractivity contribution >= 4 is 28.8 Å². The molecule has 8 nitrogen and oxygen atoms in total. The first-order chi connectivity index (χ1) is 15.8. The highest BCUT2D eigenvalue weighted by Gasteiger charge is 2.47. The summed E-state index contributed by atoms with van der Waals surface area (Å²) in [6.07, 6.45) is 0. The molecule has 4 rings (SSSR count). The van der Waals surface area contributed by atoms with Crippen LogP contribution in [0.25, 0.3) is 5.76 Å². The van der Waals surface area contributed by atoms with Crippen LogP contribution in [0.15, 0.2) is 78.4 Å². The van der Waals surface area contributed by atoms with Gasteiger partial charge in [-0.1, -0.05) is 36.4 Å². The molecule has 0 bridgehead atoms. The monoisotopic (exact) mass is 439 g/mol. The largest absolute Gasteiger partial charge is 0.507 e. The van der Waals surface area contributed by atoms with Crippen molar-refractivity contribution in [3.8, 4) is 6.07 Å². The van der Waals surface area contributed by atoms with Crippen LogP contribution in [0.4, 0.5) is 11.4 Å². The second-order valence-corrected chi connectivity index (χ2v) is 7.49. The van der Waals surface area contributed by atoms with Crippen molar-refractivity contribution in [3.63, 3.8) is 0 Å². The standard InChI is InChI=1S/C25H17N3O5/c1-15-5-2-3-8-20(15)22-21(23(29)17-6-4-7-19(13-17)28(32)33)24(30)25(31)27(22)18-11-9-16(14-26)10-12-18/h2-13,22,29H,1H3/b23-21+. The van der Waals surface area contributed by atoms with Crippen LogP contribution in [0.2, 0.25) is 0 Å². The van der Waals surface area contributed by atoms with Crippen molar-refractivity contribution in [2.24, 2.45) is 0 Å². The molecule has 1 atom stereocenters. The van der Waals surface area contributed by atoms with E-state index in [2.05, 4.69) is 0 Å². The lowest BCUT2D eigenvalue weighted by molar-refractivity contribution is -0.384. The van der Waals surface area contributed by atoms with E-state index in [-0.39, 0.29) is 16.8 Å². The minimum Gasteiger partial charge on any atom is -0.507 e. The normalized spacial score (nSPS) is 17.1. The fourth-order valence-electron chi connectivity index (χ4n) is 3.91. The molecule has 0 spiro atoms. The molecule has 33 heavy (non-hydrogen) atoms. The number of carbonyl (C=O) groups excluding carboxylic acids is 2. The number of aryl methyl sites for hydroxylation is 1. The third-order valence-corrected chi connectivity index (χ3v) is 5.53. The van der Waals surface area contributed by atoms with E-state index in [0.29, 0.717) is 16.8 Å². The van der Waals surface area contributed by atoms with Crippen molar-refractivity contribution in [3.05, 3.63) is 111 Å². The molecule has 0 saturated carbocycles. The Morgan fingerprint density at radius 1 is 1.06 bits per heavy atom. The summed E-state index contributed by atoms with van der Waals surface area (Å²) in [6, 6.07) is 19.6. The van der Waals surface area contributed by atoms with E-state index in [1.165, 1.54) is 35.2 Å². The van der Waals surface area contributed by atoms with Gasteiger partial charge in [-0.25, -0.2) is 0 Å². The average molecular weight is 439 g/mol. The summed E-state index contributed by atoms with van der Waals surface area (Å²) in [5.74, 6) is -2.25. The summed E-state index contributed by atoms with van der Waals surface area (Å²) < 4.78 is 0. The number of Topliss-reactive ketones (excluding diaryl/α,β-unsaturated/α-hetero) is 1. The lowest BCUT2D eigenvalue weighted by Gasteiger charge is -2.26. The van der Waals surface area contributed by atoms with Crippen LogP contribution < -0.4 is 4.90 Å². The predicted octanol–water partition coefficient (Wildman–Crippen LogP) is 4.40. The number of amides is 1. The SMILES string of the molecule is Cc1ccccc1C1/C(=C(\O)c2cccc([N+](=O)[O-])c2)C(=O)C(=O)N1c1ccc(C#N)cc1. The first kappa shape index (κ1) is 21.5. The third-order valence-electron chi connectivity index (χ3n) is 5.53. The van der Waals surface area contributed by atoms with E-state index >= 15 is 0 Å². The number of nitriles is 1. The Balaban J connectivity index is 1.96. The molecule has 3 aromatic carbocycles. The van der Waals surface area contributed by atoms with Crippen molar-refractivity contribution in [1.29, 1.82) is 5.26 Å². The van der Waals surface area contributed by atoms with Crippen LogP contribution in [-0.4, -0.2) is 21.7 Å². The number of non-ortho nitro benzene ring substituents is 1. The first-order valence-electron chi connectivity index (χ1n) is 9.95. The molecule has 1 fully saturated rings. The molecule has 0 radical (unpaired) electrons. The summed E-state index contributed by atoms with van der Waals surface area (Å²) in [5, 5.41) is 31.4. The van der Waals surface area contributed by atoms with Crippen LogP contribution in [0.1, 0.15) is 28.3 Å². The molecule has 1 saturated heterocycles. The first-order valence-corrected chi connectivity index (χ1v) is 9.95. The second-order valence-electron chi connectivity index (χ2n) is 7.49. The van der Waals surface area contributed by atoms with Crippen LogP contribution in [-0.2, 0) is 9.59 Å². The third kappa shape index (κ3) is 3.72. The summed E-state index contributed by atoms with van der Waals surface area (Å²) in [6.45, 7) is 1.82. The van der Waals surface area contributed by atoms with Gasteiger partial charge in [-0.2, -0.15) is 5.26 Å². The highest BCUT2D eigenvalue weighted by Crippen LogP contribution is 2.43. The number of nitro groups is 1. The highest BCUT2D eigenvalue weighted by molar-refractivity contribution is 6.51. The van der Waals surface area contributed by atoms with E-state index in [1.54, 1.807) is 24.3 Å². The number of aliphatic hydroxyl groups is 1. The van der Waals surface area contributed by atoms with E-state index in [9.17, 15) is 24.8 Å². The number of ketones is 1. The molecular formula is C25H17N3O5. The van der Waals surface area contributed by atoms with Gasteiger partial charge in [-0.3, -0.25) is 24.6 Å². The fraction of sp³-hybridized carbons (Fsp3) is 0.0800. The Labute approximate surface area is 188 Å². The number of anilines is 1. The molecule has 0 aromatic heterocycles. The van der Waals surface area contributed by atoms with Gasteiger partial charge < -0.3 is 5.11 Å². The van der Waals surface area contributed by atoms with Gasteiger partial charge in [0.1, 0.15) is 5.76 Å². The molecule has 1 N–H and O–H groups in total. The number of carbonyl (C=O) groups is 2. The van der Waals surface area contributed by atoms with Gasteiger partial charge >= 0.3 is 0 Å². The summed E-state index contributed by atoms with van der Waals surface area (Å²) in [7, 11) is 0. The topological polar surface area (TPSA) is 125 Å². The van der Waals surface area contributed by atoms with Crippen molar-refractivity contribution < 1.29 is 19.6 Å². The number of nitro benzene ring substituents is 1. The molecule has 1 unspecified atom stereocenters. The zero-order valence-electron chi connectivity index (χ0n) is 17.4. The van der Waals surface area contributed by atoms with Crippen LogP contribution in [0.3, 0.4) is 0 Å². The minimum absolute atomic E-state index is 0.0561. The van der Waals surface area contributed by atoms with E-state index < -0.39 is 28.4 Å². The summed E-state index contributed by atoms with van der Waals surface area (Å²) in [5.41, 5.74) is 1.80. The van der Waals surface area contributed by atoms with Crippen molar-refractivity contribution in [2.75, 3.05) is 4.90 Å². The van der Waals surface area contributed by atoms with Crippen molar-refractivity contribution in [2.45, 2.75) is 13.0 Å². The van der Waals surface area contributed by atoms with E-state index in [1.807, 2.05) is 25.1 Å². The summed E-state index contributed by atoms with van der Waals surface area (Å²) >= 11 is 0. The fourth-order valence-corrected chi connectivity index (χ4v) is 3.91. The lowest BCUT2D eigenvalue weighted by atomic mass is 9.92. The Kier molecular flexibility index (Phi) is 5.46. The number of hydrogen-bond acceptors (Lipinski definition) is 6. The highest BCUT2D eigenvalue weighted by atomic mass is 16.6. The van der Waals surface area contributed by atoms with E-state index in [0.717, 1.165) is 11.6 Å². The number of nitrogens with zero attached hydrogens (tertiary/aromatic N) is 3. The Morgan fingerprint density at radius 3 is 2.39 bits per heavy atom. The van der Waals surface area contributed by atoms with Crippen LogP contribution >= 0.6 is 0 Å². The molecule has 0 aliphatic carbocycles. The number of rotatable bonds is 4. The summed E-state index contributed by atoms with van der Waals surface area (Å²) in [4.78, 5) is 38.1. The van der Waals surface area contributed by atoms with Gasteiger partial charge in [-0.15, -0.1) is 0 Å². The van der Waals surface area contributed by atoms with E-state index in [4.69, 9.17) is 5.26 Å².